The van der Waals surface area contributed by atoms with E-state index in [0.29, 0.717) is 5.56 Å². The maximum absolute atomic E-state index is 12.7. The maximum Gasteiger partial charge on any atom is 0.171 e. The van der Waals surface area contributed by atoms with Gasteiger partial charge in [0.1, 0.15) is 5.78 Å². The number of ether oxygens (including phenoxy) is 1. The van der Waals surface area contributed by atoms with E-state index in [2.05, 4.69) is 0 Å². The predicted octanol–water partition coefficient (Wildman–Crippen LogP) is 4.45. The smallest absolute Gasteiger partial charge is 0.171 e. The summed E-state index contributed by atoms with van der Waals surface area (Å²) in [5.74, 6) is 1.24. The monoisotopic (exact) mass is 350 g/mol. The standard InChI is InChI=1S/C18H22O3S2/c1-10-8-12(14(20)9-13(19)11-4-5-11)18(22-3)16-15(21-2)6-7-23-17(10)16/h8,11,15H,4-7,9H2,1-3H3. The fraction of sp³-hybridized carbons (Fsp3) is 0.556. The van der Waals surface area contributed by atoms with Gasteiger partial charge in [-0.2, -0.15) is 0 Å². The van der Waals surface area contributed by atoms with Gasteiger partial charge in [-0.15, -0.1) is 23.5 Å². The molecule has 2 aliphatic rings. The molecule has 1 unspecified atom stereocenters. The summed E-state index contributed by atoms with van der Waals surface area (Å²) in [5.41, 5.74) is 2.97. The number of carbonyl (C=O) groups excluding carboxylic acids is 2. The third kappa shape index (κ3) is 3.37. The van der Waals surface area contributed by atoms with Crippen molar-refractivity contribution in [1.82, 2.24) is 0 Å². The van der Waals surface area contributed by atoms with Crippen LogP contribution in [0.2, 0.25) is 0 Å². The van der Waals surface area contributed by atoms with Crippen LogP contribution >= 0.6 is 23.5 Å². The SMILES string of the molecule is COC1CCSc2c(C)cc(C(=O)CC(=O)C3CC3)c(SC)c21. The van der Waals surface area contributed by atoms with E-state index >= 15 is 0 Å². The second-order valence-corrected chi connectivity index (χ2v) is 8.14. The Morgan fingerprint density at radius 2 is 2.09 bits per heavy atom. The zero-order chi connectivity index (χ0) is 16.6. The van der Waals surface area contributed by atoms with E-state index < -0.39 is 0 Å². The van der Waals surface area contributed by atoms with Crippen LogP contribution < -0.4 is 0 Å². The zero-order valence-corrected chi connectivity index (χ0v) is 15.4. The summed E-state index contributed by atoms with van der Waals surface area (Å²) < 4.78 is 5.67. The molecule has 1 aromatic rings. The Labute approximate surface area is 145 Å². The first kappa shape index (κ1) is 17.1. The first-order chi connectivity index (χ1) is 11.1. The molecule has 1 aliphatic carbocycles. The molecule has 0 spiro atoms. The first-order valence-electron chi connectivity index (χ1n) is 7.99. The number of methoxy groups -OCH3 is 1. The fourth-order valence-electron chi connectivity index (χ4n) is 3.17. The van der Waals surface area contributed by atoms with Gasteiger partial charge in [0, 0.05) is 39.7 Å². The van der Waals surface area contributed by atoms with E-state index in [1.165, 1.54) is 4.90 Å². The van der Waals surface area contributed by atoms with Crippen LogP contribution in [0.4, 0.5) is 0 Å². The zero-order valence-electron chi connectivity index (χ0n) is 13.8. The minimum absolute atomic E-state index is 0.0393. The lowest BCUT2D eigenvalue weighted by atomic mass is 9.95. The molecule has 0 saturated heterocycles. The summed E-state index contributed by atoms with van der Waals surface area (Å²) in [7, 11) is 1.73. The molecule has 1 aliphatic heterocycles. The summed E-state index contributed by atoms with van der Waals surface area (Å²) in [4.78, 5) is 27.0. The van der Waals surface area contributed by atoms with Gasteiger partial charge in [0.2, 0.25) is 0 Å². The van der Waals surface area contributed by atoms with E-state index in [0.717, 1.165) is 41.0 Å². The number of benzene rings is 1. The number of carbonyl (C=O) groups is 2. The minimum atomic E-state index is -0.0393. The third-order valence-electron chi connectivity index (χ3n) is 4.56. The third-order valence-corrected chi connectivity index (χ3v) is 6.68. The molecular formula is C18H22O3S2. The highest BCUT2D eigenvalue weighted by Crippen LogP contribution is 2.46. The van der Waals surface area contributed by atoms with Crippen LogP contribution in [0.3, 0.4) is 0 Å². The van der Waals surface area contributed by atoms with E-state index in [1.54, 1.807) is 18.9 Å². The van der Waals surface area contributed by atoms with Crippen molar-refractivity contribution in [1.29, 1.82) is 0 Å². The molecule has 0 radical (unpaired) electrons. The molecule has 1 aromatic carbocycles. The Kier molecular flexibility index (Phi) is 5.19. The predicted molar refractivity (Wildman–Crippen MR) is 94.7 cm³/mol. The molecule has 1 atom stereocenters. The van der Waals surface area contributed by atoms with Gasteiger partial charge in [-0.3, -0.25) is 9.59 Å². The second-order valence-electron chi connectivity index (χ2n) is 6.22. The molecule has 0 aromatic heterocycles. The lowest BCUT2D eigenvalue weighted by molar-refractivity contribution is -0.119. The Morgan fingerprint density at radius 3 is 2.70 bits per heavy atom. The summed E-state index contributed by atoms with van der Waals surface area (Å²) in [5, 5.41) is 0. The van der Waals surface area contributed by atoms with Gasteiger partial charge in [-0.1, -0.05) is 0 Å². The topological polar surface area (TPSA) is 43.4 Å². The van der Waals surface area contributed by atoms with Crippen LogP contribution in [0.25, 0.3) is 0 Å². The maximum atomic E-state index is 12.7. The molecular weight excluding hydrogens is 328 g/mol. The van der Waals surface area contributed by atoms with Crippen molar-refractivity contribution < 1.29 is 14.3 Å². The van der Waals surface area contributed by atoms with Crippen molar-refractivity contribution in [2.24, 2.45) is 5.92 Å². The van der Waals surface area contributed by atoms with Crippen LogP contribution in [0.5, 0.6) is 0 Å². The van der Waals surface area contributed by atoms with E-state index in [-0.39, 0.29) is 30.0 Å². The molecule has 3 rings (SSSR count). The van der Waals surface area contributed by atoms with Crippen LogP contribution in [-0.4, -0.2) is 30.7 Å². The van der Waals surface area contributed by atoms with Crippen LogP contribution in [0, 0.1) is 12.8 Å². The van der Waals surface area contributed by atoms with Gasteiger partial charge in [-0.25, -0.2) is 0 Å². The summed E-state index contributed by atoms with van der Waals surface area (Å²) in [6, 6.07) is 1.97. The van der Waals surface area contributed by atoms with Crippen molar-refractivity contribution in [3.05, 3.63) is 22.8 Å². The lowest BCUT2D eigenvalue weighted by Gasteiger charge is -2.28. The number of hydrogen-bond acceptors (Lipinski definition) is 5. The number of thioether (sulfide) groups is 2. The number of hydrogen-bond donors (Lipinski definition) is 0. The molecule has 3 nitrogen and oxygen atoms in total. The van der Waals surface area contributed by atoms with Crippen molar-refractivity contribution in [3.63, 3.8) is 0 Å². The highest BCUT2D eigenvalue weighted by Gasteiger charge is 2.33. The highest BCUT2D eigenvalue weighted by atomic mass is 32.2. The molecule has 1 saturated carbocycles. The van der Waals surface area contributed by atoms with Crippen molar-refractivity contribution >= 4 is 35.1 Å². The van der Waals surface area contributed by atoms with E-state index in [9.17, 15) is 9.59 Å². The minimum Gasteiger partial charge on any atom is -0.377 e. The lowest BCUT2D eigenvalue weighted by Crippen LogP contribution is -2.16. The Bertz CT molecular complexity index is 650. The second kappa shape index (κ2) is 6.99. The van der Waals surface area contributed by atoms with Crippen LogP contribution in [0.1, 0.15) is 53.3 Å². The number of Topliss-reactive ketones (excluding diaryl/α,β-unsaturated/α-hetero) is 2. The normalized spacial score (nSPS) is 20.2. The van der Waals surface area contributed by atoms with Crippen molar-refractivity contribution in [2.45, 2.75) is 48.5 Å². The fourth-order valence-corrected chi connectivity index (χ4v) is 5.29. The molecule has 0 amide bonds. The largest absolute Gasteiger partial charge is 0.377 e. The van der Waals surface area contributed by atoms with E-state index in [1.807, 2.05) is 31.0 Å². The van der Waals surface area contributed by atoms with Gasteiger partial charge < -0.3 is 4.74 Å². The van der Waals surface area contributed by atoms with Crippen molar-refractivity contribution in [3.8, 4) is 0 Å². The quantitative estimate of drug-likeness (QED) is 0.431. The number of rotatable bonds is 6. The van der Waals surface area contributed by atoms with Crippen LogP contribution in [-0.2, 0) is 9.53 Å². The van der Waals surface area contributed by atoms with Gasteiger partial charge in [0.05, 0.1) is 12.5 Å². The van der Waals surface area contributed by atoms with Gasteiger partial charge in [0.15, 0.2) is 5.78 Å². The average molecular weight is 351 g/mol. The molecule has 1 heterocycles. The number of fused-ring (bicyclic) bond motifs is 1. The summed E-state index contributed by atoms with van der Waals surface area (Å²) in [6.07, 6.45) is 4.94. The molecule has 0 N–H and O–H groups in total. The molecule has 124 valence electrons. The average Bonchev–Trinajstić information content (AvgIpc) is 3.39. The molecule has 5 heteroatoms. The molecule has 1 fully saturated rings. The summed E-state index contributed by atoms with van der Waals surface area (Å²) >= 11 is 3.43. The Balaban J connectivity index is 2.01. The molecule has 23 heavy (non-hydrogen) atoms. The summed E-state index contributed by atoms with van der Waals surface area (Å²) in [6.45, 7) is 2.05. The Hall–Kier alpha value is -0.780. The molecule has 0 bridgehead atoms. The number of aryl methyl sites for hydroxylation is 1. The first-order valence-corrected chi connectivity index (χ1v) is 10.2. The van der Waals surface area contributed by atoms with Gasteiger partial charge >= 0.3 is 0 Å². The Morgan fingerprint density at radius 1 is 1.35 bits per heavy atom. The van der Waals surface area contributed by atoms with E-state index in [4.69, 9.17) is 4.74 Å². The highest BCUT2D eigenvalue weighted by molar-refractivity contribution is 8.00. The van der Waals surface area contributed by atoms with Gasteiger partial charge in [0.25, 0.3) is 0 Å². The number of ketones is 2. The van der Waals surface area contributed by atoms with Crippen molar-refractivity contribution in [2.75, 3.05) is 19.1 Å². The van der Waals surface area contributed by atoms with Crippen LogP contribution in [0.15, 0.2) is 15.9 Å². The van der Waals surface area contributed by atoms with Gasteiger partial charge in [-0.05, 0) is 44.1 Å².